The quantitative estimate of drug-likeness (QED) is 0.627. The molecule has 1 aromatic rings. The Morgan fingerprint density at radius 2 is 2.00 bits per heavy atom. The lowest BCUT2D eigenvalue weighted by molar-refractivity contribution is -0.910. The highest BCUT2D eigenvalue weighted by Gasteiger charge is 2.26. The first-order valence-electron chi connectivity index (χ1n) is 5.42. The molecule has 0 amide bonds. The lowest BCUT2D eigenvalue weighted by Gasteiger charge is -2.29. The standard InChI is InChI=1S/C13H19N/c1-12-6-5-7-13(10-12)11-14(2)8-3-4-9-14/h5-7,10H,1,3-4,8-9,11H2,2H3/q+1. The molecule has 0 aliphatic carbocycles. The van der Waals surface area contributed by atoms with Crippen LogP contribution in [0.15, 0.2) is 24.3 Å². The van der Waals surface area contributed by atoms with Gasteiger partial charge in [0, 0.05) is 18.4 Å². The normalized spacial score (nSPS) is 19.9. The van der Waals surface area contributed by atoms with E-state index in [1.54, 1.807) is 0 Å². The van der Waals surface area contributed by atoms with Crippen molar-refractivity contribution >= 4 is 0 Å². The maximum atomic E-state index is 3.97. The largest absolute Gasteiger partial charge is 0.322 e. The Balaban J connectivity index is 2.10. The number of likely N-dealkylation sites (tertiary alicyclic amines) is 1. The van der Waals surface area contributed by atoms with E-state index in [1.165, 1.54) is 42.5 Å². The number of rotatable bonds is 2. The summed E-state index contributed by atoms with van der Waals surface area (Å²) in [5, 5.41) is 0. The Labute approximate surface area is 86.9 Å². The van der Waals surface area contributed by atoms with Crippen LogP contribution in [0.4, 0.5) is 0 Å². The third-order valence-corrected chi connectivity index (χ3v) is 3.20. The highest BCUT2D eigenvalue weighted by Crippen LogP contribution is 2.20. The third kappa shape index (κ3) is 2.16. The van der Waals surface area contributed by atoms with Crippen molar-refractivity contribution in [2.45, 2.75) is 19.4 Å². The fourth-order valence-corrected chi connectivity index (χ4v) is 2.43. The molecule has 0 unspecified atom stereocenters. The van der Waals surface area contributed by atoms with Gasteiger partial charge in [-0.15, -0.1) is 0 Å². The molecular weight excluding hydrogens is 170 g/mol. The van der Waals surface area contributed by atoms with E-state index >= 15 is 0 Å². The molecule has 0 spiro atoms. The first-order chi connectivity index (χ1) is 6.68. The Kier molecular flexibility index (Phi) is 2.60. The zero-order chi connectivity index (χ0) is 10.0. The molecule has 1 aromatic carbocycles. The van der Waals surface area contributed by atoms with E-state index in [0.29, 0.717) is 0 Å². The molecule has 1 saturated heterocycles. The fraction of sp³-hybridized carbons (Fsp3) is 0.462. The van der Waals surface area contributed by atoms with Gasteiger partial charge in [-0.1, -0.05) is 24.3 Å². The van der Waals surface area contributed by atoms with Crippen LogP contribution >= 0.6 is 0 Å². The highest BCUT2D eigenvalue weighted by atomic mass is 15.3. The van der Waals surface area contributed by atoms with Gasteiger partial charge in [0.2, 0.25) is 0 Å². The van der Waals surface area contributed by atoms with Gasteiger partial charge in [-0.3, -0.25) is 0 Å². The Morgan fingerprint density at radius 1 is 1.29 bits per heavy atom. The predicted octanol–water partition coefficient (Wildman–Crippen LogP) is 2.61. The fourth-order valence-electron chi connectivity index (χ4n) is 2.43. The van der Waals surface area contributed by atoms with Gasteiger partial charge in [-0.25, -0.2) is 0 Å². The Bertz CT molecular complexity index is 311. The molecule has 0 atom stereocenters. The van der Waals surface area contributed by atoms with Crippen LogP contribution in [0, 0.1) is 6.92 Å². The van der Waals surface area contributed by atoms with Crippen molar-refractivity contribution in [1.82, 2.24) is 0 Å². The van der Waals surface area contributed by atoms with Crippen molar-refractivity contribution in [3.8, 4) is 0 Å². The molecule has 0 aromatic heterocycles. The minimum absolute atomic E-state index is 1.13. The summed E-state index contributed by atoms with van der Waals surface area (Å²) in [6.45, 7) is 7.81. The van der Waals surface area contributed by atoms with Gasteiger partial charge >= 0.3 is 0 Å². The molecule has 1 radical (unpaired) electrons. The van der Waals surface area contributed by atoms with E-state index in [-0.39, 0.29) is 0 Å². The summed E-state index contributed by atoms with van der Waals surface area (Å²) in [6.07, 6.45) is 2.78. The summed E-state index contributed by atoms with van der Waals surface area (Å²) in [6, 6.07) is 8.60. The average molecular weight is 189 g/mol. The highest BCUT2D eigenvalue weighted by molar-refractivity contribution is 5.24. The molecule has 1 fully saturated rings. The van der Waals surface area contributed by atoms with Crippen molar-refractivity contribution in [3.63, 3.8) is 0 Å². The molecule has 0 bridgehead atoms. The Hall–Kier alpha value is -0.820. The van der Waals surface area contributed by atoms with Gasteiger partial charge in [0.25, 0.3) is 0 Å². The van der Waals surface area contributed by atoms with Crippen molar-refractivity contribution in [2.24, 2.45) is 0 Å². The van der Waals surface area contributed by atoms with Crippen LogP contribution in [0.25, 0.3) is 0 Å². The molecule has 2 rings (SSSR count). The van der Waals surface area contributed by atoms with Crippen LogP contribution in [0.2, 0.25) is 0 Å². The number of quaternary nitrogens is 1. The van der Waals surface area contributed by atoms with Crippen LogP contribution < -0.4 is 0 Å². The van der Waals surface area contributed by atoms with Gasteiger partial charge < -0.3 is 4.48 Å². The molecule has 1 aliphatic heterocycles. The first-order valence-corrected chi connectivity index (χ1v) is 5.42. The molecule has 0 saturated carbocycles. The second-order valence-electron chi connectivity index (χ2n) is 4.75. The summed E-state index contributed by atoms with van der Waals surface area (Å²) < 4.78 is 1.21. The van der Waals surface area contributed by atoms with Crippen LogP contribution in [-0.2, 0) is 6.54 Å². The number of benzene rings is 1. The number of hydrogen-bond acceptors (Lipinski definition) is 0. The lowest BCUT2D eigenvalue weighted by atomic mass is 10.1. The Morgan fingerprint density at radius 3 is 2.64 bits per heavy atom. The van der Waals surface area contributed by atoms with Crippen LogP contribution in [0.3, 0.4) is 0 Å². The van der Waals surface area contributed by atoms with Crippen molar-refractivity contribution in [1.29, 1.82) is 0 Å². The number of hydrogen-bond donors (Lipinski definition) is 0. The molecule has 1 nitrogen and oxygen atoms in total. The van der Waals surface area contributed by atoms with Gasteiger partial charge in [0.1, 0.15) is 6.54 Å². The summed E-state index contributed by atoms with van der Waals surface area (Å²) in [5.41, 5.74) is 2.56. The molecule has 1 heteroatoms. The van der Waals surface area contributed by atoms with E-state index in [4.69, 9.17) is 0 Å². The monoisotopic (exact) mass is 189 g/mol. The smallest absolute Gasteiger partial charge is 0.104 e. The molecule has 14 heavy (non-hydrogen) atoms. The second kappa shape index (κ2) is 3.74. The average Bonchev–Trinajstić information content (AvgIpc) is 2.51. The zero-order valence-corrected chi connectivity index (χ0v) is 9.00. The van der Waals surface area contributed by atoms with Gasteiger partial charge in [-0.2, -0.15) is 0 Å². The van der Waals surface area contributed by atoms with Crippen LogP contribution in [-0.4, -0.2) is 24.6 Å². The summed E-state index contributed by atoms with van der Waals surface area (Å²) in [4.78, 5) is 0. The third-order valence-electron chi connectivity index (χ3n) is 3.20. The van der Waals surface area contributed by atoms with E-state index in [9.17, 15) is 0 Å². The molecular formula is C13H19N+. The molecule has 1 heterocycles. The number of nitrogens with zero attached hydrogens (tertiary/aromatic N) is 1. The van der Waals surface area contributed by atoms with Crippen molar-refractivity contribution in [2.75, 3.05) is 20.1 Å². The van der Waals surface area contributed by atoms with E-state index < -0.39 is 0 Å². The summed E-state index contributed by atoms with van der Waals surface area (Å²) >= 11 is 0. The molecule has 75 valence electrons. The van der Waals surface area contributed by atoms with Gasteiger partial charge in [-0.05, 0) is 12.5 Å². The summed E-state index contributed by atoms with van der Waals surface area (Å²) in [5.74, 6) is 0. The topological polar surface area (TPSA) is 0 Å². The van der Waals surface area contributed by atoms with Crippen LogP contribution in [0.1, 0.15) is 24.0 Å². The SMILES string of the molecule is [CH2]c1cccc(C[N+]2(C)CCCC2)c1. The zero-order valence-electron chi connectivity index (χ0n) is 9.00. The second-order valence-corrected chi connectivity index (χ2v) is 4.75. The molecule has 1 aliphatic rings. The predicted molar refractivity (Wildman–Crippen MR) is 59.8 cm³/mol. The first kappa shape index (κ1) is 9.72. The van der Waals surface area contributed by atoms with E-state index in [0.717, 1.165) is 5.56 Å². The van der Waals surface area contributed by atoms with E-state index in [1.807, 2.05) is 0 Å². The lowest BCUT2D eigenvalue weighted by Crippen LogP contribution is -2.39. The van der Waals surface area contributed by atoms with Crippen molar-refractivity contribution in [3.05, 3.63) is 42.3 Å². The van der Waals surface area contributed by atoms with Gasteiger partial charge in [0.15, 0.2) is 0 Å². The van der Waals surface area contributed by atoms with E-state index in [2.05, 4.69) is 38.2 Å². The minimum Gasteiger partial charge on any atom is -0.322 e. The molecule has 0 N–H and O–H groups in total. The minimum atomic E-state index is 1.13. The maximum absolute atomic E-state index is 3.97. The van der Waals surface area contributed by atoms with Gasteiger partial charge in [0.05, 0.1) is 20.1 Å². The van der Waals surface area contributed by atoms with Crippen molar-refractivity contribution < 1.29 is 4.48 Å². The summed E-state index contributed by atoms with van der Waals surface area (Å²) in [7, 11) is 2.36. The maximum Gasteiger partial charge on any atom is 0.104 e. The van der Waals surface area contributed by atoms with Crippen LogP contribution in [0.5, 0.6) is 0 Å².